The van der Waals surface area contributed by atoms with Crippen molar-refractivity contribution in [2.75, 3.05) is 24.4 Å². The third-order valence-electron chi connectivity index (χ3n) is 2.19. The Hall–Kier alpha value is -1.31. The Morgan fingerprint density at radius 2 is 2.00 bits per heavy atom. The standard InChI is InChI=1S/C12H21N3O3S/c1-10(2)9-14-19(16,17)15-11-5-3-4-6-12(11)18-8-7-13/h3-6,10,14-15H,7-9,13H2,1-2H3. The van der Waals surface area contributed by atoms with Gasteiger partial charge in [-0.2, -0.15) is 13.1 Å². The molecule has 0 unspecified atom stereocenters. The zero-order chi connectivity index (χ0) is 14.3. The van der Waals surface area contributed by atoms with E-state index in [1.807, 2.05) is 13.8 Å². The zero-order valence-corrected chi connectivity index (χ0v) is 12.0. The number of ether oxygens (including phenoxy) is 1. The van der Waals surface area contributed by atoms with Crippen molar-refractivity contribution in [3.05, 3.63) is 24.3 Å². The van der Waals surface area contributed by atoms with E-state index < -0.39 is 10.2 Å². The minimum absolute atomic E-state index is 0.236. The summed E-state index contributed by atoms with van der Waals surface area (Å²) < 4.78 is 34.0. The highest BCUT2D eigenvalue weighted by Gasteiger charge is 2.13. The van der Waals surface area contributed by atoms with Crippen LogP contribution in [0.4, 0.5) is 5.69 Å². The molecule has 108 valence electrons. The highest BCUT2D eigenvalue weighted by atomic mass is 32.2. The second-order valence-corrected chi connectivity index (χ2v) is 5.98. The summed E-state index contributed by atoms with van der Waals surface area (Å²) in [6.07, 6.45) is 0. The molecule has 0 aliphatic rings. The molecule has 0 heterocycles. The summed E-state index contributed by atoms with van der Waals surface area (Å²) in [6.45, 7) is 4.94. The van der Waals surface area contributed by atoms with Crippen molar-refractivity contribution in [2.45, 2.75) is 13.8 Å². The van der Waals surface area contributed by atoms with Gasteiger partial charge in [0, 0.05) is 13.1 Å². The van der Waals surface area contributed by atoms with Gasteiger partial charge in [0.1, 0.15) is 12.4 Å². The van der Waals surface area contributed by atoms with Crippen molar-refractivity contribution >= 4 is 15.9 Å². The third kappa shape index (κ3) is 5.91. The van der Waals surface area contributed by atoms with Crippen LogP contribution >= 0.6 is 0 Å². The van der Waals surface area contributed by atoms with Crippen molar-refractivity contribution in [1.82, 2.24) is 4.72 Å². The predicted octanol–water partition coefficient (Wildman–Crippen LogP) is 0.926. The van der Waals surface area contributed by atoms with E-state index in [2.05, 4.69) is 9.44 Å². The summed E-state index contributed by atoms with van der Waals surface area (Å²) >= 11 is 0. The van der Waals surface area contributed by atoms with Gasteiger partial charge in [-0.1, -0.05) is 26.0 Å². The molecule has 1 aromatic rings. The lowest BCUT2D eigenvalue weighted by atomic mass is 10.2. The van der Waals surface area contributed by atoms with Crippen LogP contribution in [0.25, 0.3) is 0 Å². The van der Waals surface area contributed by atoms with Gasteiger partial charge in [0.25, 0.3) is 10.2 Å². The van der Waals surface area contributed by atoms with Crippen LogP contribution in [0.5, 0.6) is 5.75 Å². The van der Waals surface area contributed by atoms with E-state index in [4.69, 9.17) is 10.5 Å². The van der Waals surface area contributed by atoms with Gasteiger partial charge in [-0.15, -0.1) is 0 Å². The van der Waals surface area contributed by atoms with Crippen molar-refractivity contribution in [1.29, 1.82) is 0 Å². The molecule has 1 rings (SSSR count). The molecular formula is C12H21N3O3S. The number of rotatable bonds is 8. The van der Waals surface area contributed by atoms with Crippen LogP contribution in [0.1, 0.15) is 13.8 Å². The summed E-state index contributed by atoms with van der Waals surface area (Å²) in [5, 5.41) is 0. The van der Waals surface area contributed by atoms with Gasteiger partial charge in [-0.05, 0) is 18.1 Å². The van der Waals surface area contributed by atoms with Crippen LogP contribution in [0.15, 0.2) is 24.3 Å². The average molecular weight is 287 g/mol. The first kappa shape index (κ1) is 15.7. The first-order chi connectivity index (χ1) is 8.94. The molecule has 0 saturated heterocycles. The predicted molar refractivity (Wildman–Crippen MR) is 76.4 cm³/mol. The lowest BCUT2D eigenvalue weighted by Gasteiger charge is -2.14. The Labute approximate surface area is 114 Å². The quantitative estimate of drug-likeness (QED) is 0.663. The Morgan fingerprint density at radius 3 is 2.63 bits per heavy atom. The highest BCUT2D eigenvalue weighted by molar-refractivity contribution is 7.90. The lowest BCUT2D eigenvalue weighted by molar-refractivity contribution is 0.330. The van der Waals surface area contributed by atoms with E-state index in [-0.39, 0.29) is 5.92 Å². The zero-order valence-electron chi connectivity index (χ0n) is 11.2. The summed E-state index contributed by atoms with van der Waals surface area (Å²) in [7, 11) is -3.59. The molecular weight excluding hydrogens is 266 g/mol. The van der Waals surface area contributed by atoms with Gasteiger partial charge in [-0.25, -0.2) is 0 Å². The van der Waals surface area contributed by atoms with Crippen molar-refractivity contribution in [3.8, 4) is 5.75 Å². The van der Waals surface area contributed by atoms with Gasteiger partial charge in [0.15, 0.2) is 0 Å². The Morgan fingerprint density at radius 1 is 1.32 bits per heavy atom. The number of nitrogens with one attached hydrogen (secondary N) is 2. The average Bonchev–Trinajstić information content (AvgIpc) is 2.35. The monoisotopic (exact) mass is 287 g/mol. The van der Waals surface area contributed by atoms with E-state index in [0.717, 1.165) is 0 Å². The third-order valence-corrected chi connectivity index (χ3v) is 3.22. The fourth-order valence-corrected chi connectivity index (χ4v) is 2.39. The largest absolute Gasteiger partial charge is 0.490 e. The maximum atomic E-state index is 11.8. The molecule has 0 radical (unpaired) electrons. The number of hydrogen-bond donors (Lipinski definition) is 3. The van der Waals surface area contributed by atoms with E-state index >= 15 is 0 Å². The summed E-state index contributed by atoms with van der Waals surface area (Å²) in [6, 6.07) is 6.83. The van der Waals surface area contributed by atoms with Crippen LogP contribution in [0.2, 0.25) is 0 Å². The molecule has 0 saturated carbocycles. The molecule has 0 amide bonds. The van der Waals surface area contributed by atoms with Gasteiger partial charge in [0.2, 0.25) is 0 Å². The number of anilines is 1. The van der Waals surface area contributed by atoms with E-state index in [0.29, 0.717) is 31.1 Å². The topological polar surface area (TPSA) is 93.5 Å². The van der Waals surface area contributed by atoms with Crippen LogP contribution in [-0.4, -0.2) is 28.1 Å². The molecule has 0 bridgehead atoms. The molecule has 0 fully saturated rings. The summed E-state index contributed by atoms with van der Waals surface area (Å²) in [5.41, 5.74) is 5.75. The van der Waals surface area contributed by atoms with Crippen LogP contribution in [0.3, 0.4) is 0 Å². The van der Waals surface area contributed by atoms with Crippen LogP contribution in [-0.2, 0) is 10.2 Å². The minimum Gasteiger partial charge on any atom is -0.490 e. The Balaban J connectivity index is 2.75. The van der Waals surface area contributed by atoms with Gasteiger partial charge < -0.3 is 10.5 Å². The van der Waals surface area contributed by atoms with E-state index in [9.17, 15) is 8.42 Å². The summed E-state index contributed by atoms with van der Waals surface area (Å²) in [4.78, 5) is 0. The first-order valence-corrected chi connectivity index (χ1v) is 7.62. The lowest BCUT2D eigenvalue weighted by Crippen LogP contribution is -2.33. The molecule has 19 heavy (non-hydrogen) atoms. The van der Waals surface area contributed by atoms with Crippen molar-refractivity contribution < 1.29 is 13.2 Å². The maximum absolute atomic E-state index is 11.8. The number of para-hydroxylation sites is 2. The molecule has 7 heteroatoms. The van der Waals surface area contributed by atoms with Gasteiger partial charge in [0.05, 0.1) is 5.69 Å². The first-order valence-electron chi connectivity index (χ1n) is 6.14. The highest BCUT2D eigenvalue weighted by Crippen LogP contribution is 2.24. The van der Waals surface area contributed by atoms with Crippen LogP contribution < -0.4 is 19.9 Å². The van der Waals surface area contributed by atoms with Gasteiger partial charge >= 0.3 is 0 Å². The molecule has 0 spiro atoms. The van der Waals surface area contributed by atoms with Gasteiger partial charge in [-0.3, -0.25) is 4.72 Å². The summed E-state index contributed by atoms with van der Waals surface area (Å²) in [5.74, 6) is 0.697. The van der Waals surface area contributed by atoms with Crippen molar-refractivity contribution in [3.63, 3.8) is 0 Å². The molecule has 0 aliphatic carbocycles. The fourth-order valence-electron chi connectivity index (χ4n) is 1.30. The van der Waals surface area contributed by atoms with E-state index in [1.165, 1.54) is 0 Å². The Kier molecular flexibility index (Phi) is 6.07. The second-order valence-electron chi connectivity index (χ2n) is 4.48. The SMILES string of the molecule is CC(C)CNS(=O)(=O)Nc1ccccc1OCCN. The van der Waals surface area contributed by atoms with E-state index in [1.54, 1.807) is 24.3 Å². The number of hydrogen-bond acceptors (Lipinski definition) is 4. The number of benzene rings is 1. The maximum Gasteiger partial charge on any atom is 0.299 e. The second kappa shape index (κ2) is 7.32. The van der Waals surface area contributed by atoms with Crippen molar-refractivity contribution in [2.24, 2.45) is 11.7 Å². The minimum atomic E-state index is -3.59. The molecule has 0 aliphatic heterocycles. The molecule has 6 nitrogen and oxygen atoms in total. The number of nitrogens with two attached hydrogens (primary N) is 1. The smallest absolute Gasteiger partial charge is 0.299 e. The molecule has 0 atom stereocenters. The van der Waals surface area contributed by atoms with Crippen LogP contribution in [0, 0.1) is 5.92 Å². The Bertz CT molecular complexity index is 489. The normalized spacial score (nSPS) is 11.6. The molecule has 0 aromatic heterocycles. The molecule has 4 N–H and O–H groups in total. The fraction of sp³-hybridized carbons (Fsp3) is 0.500. The molecule has 1 aromatic carbocycles.